The molecule has 0 aliphatic rings. The number of amides is 1. The molecule has 0 aliphatic carbocycles. The topological polar surface area (TPSA) is 59.9 Å². The summed E-state index contributed by atoms with van der Waals surface area (Å²) in [7, 11) is 1.58. The van der Waals surface area contributed by atoms with Crippen molar-refractivity contribution in [3.63, 3.8) is 0 Å². The lowest BCUT2D eigenvalue weighted by atomic mass is 9.97. The van der Waals surface area contributed by atoms with Crippen molar-refractivity contribution in [1.29, 1.82) is 0 Å². The smallest absolute Gasteiger partial charge is 0.277 e. The summed E-state index contributed by atoms with van der Waals surface area (Å²) in [5.41, 5.74) is 4.49. The third-order valence-corrected chi connectivity index (χ3v) is 4.62. The van der Waals surface area contributed by atoms with Crippen molar-refractivity contribution in [2.75, 3.05) is 13.7 Å². The lowest BCUT2D eigenvalue weighted by Crippen LogP contribution is -2.24. The third-order valence-electron chi connectivity index (χ3n) is 4.13. The molecule has 0 saturated carbocycles. The van der Waals surface area contributed by atoms with E-state index in [4.69, 9.17) is 9.47 Å². The van der Waals surface area contributed by atoms with E-state index < -0.39 is 0 Å². The fraction of sp³-hybridized carbons (Fsp3) is 0.333. The van der Waals surface area contributed by atoms with E-state index in [0.717, 1.165) is 22.9 Å². The molecule has 1 amide bonds. The van der Waals surface area contributed by atoms with Crippen LogP contribution in [0.1, 0.15) is 43.7 Å². The van der Waals surface area contributed by atoms with Crippen LogP contribution in [0.3, 0.4) is 0 Å². The molecule has 0 saturated heterocycles. The van der Waals surface area contributed by atoms with Crippen LogP contribution >= 0.6 is 15.9 Å². The summed E-state index contributed by atoms with van der Waals surface area (Å²) >= 11 is 3.39. The number of rotatable bonds is 9. The summed E-state index contributed by atoms with van der Waals surface area (Å²) in [6.07, 6.45) is 3.85. The van der Waals surface area contributed by atoms with Crippen LogP contribution in [0.25, 0.3) is 0 Å². The number of carbonyl (C=O) groups excluding carboxylic acids is 1. The molecule has 2 aromatic rings. The first kappa shape index (κ1) is 21.0. The van der Waals surface area contributed by atoms with Gasteiger partial charge in [0.15, 0.2) is 6.61 Å². The van der Waals surface area contributed by atoms with Gasteiger partial charge in [-0.05, 0) is 48.2 Å². The Labute approximate surface area is 168 Å². The van der Waals surface area contributed by atoms with Crippen LogP contribution in [-0.2, 0) is 4.79 Å². The lowest BCUT2D eigenvalue weighted by Gasteiger charge is -2.11. The van der Waals surface area contributed by atoms with E-state index in [1.807, 2.05) is 42.5 Å². The number of ether oxygens (including phenoxy) is 2. The van der Waals surface area contributed by atoms with Gasteiger partial charge in [0.25, 0.3) is 5.91 Å². The molecule has 0 aromatic heterocycles. The minimum Gasteiger partial charge on any atom is -0.496 e. The van der Waals surface area contributed by atoms with E-state index in [0.29, 0.717) is 17.4 Å². The molecule has 0 unspecified atom stereocenters. The van der Waals surface area contributed by atoms with Gasteiger partial charge in [0.05, 0.1) is 13.3 Å². The number of hydrogen-bond donors (Lipinski definition) is 1. The van der Waals surface area contributed by atoms with Crippen LogP contribution in [0, 0.1) is 0 Å². The fourth-order valence-corrected chi connectivity index (χ4v) is 3.03. The number of hydrazone groups is 1. The second-order valence-corrected chi connectivity index (χ2v) is 7.14. The zero-order chi connectivity index (χ0) is 19.6. The highest BCUT2D eigenvalue weighted by Crippen LogP contribution is 2.23. The highest BCUT2D eigenvalue weighted by molar-refractivity contribution is 9.10. The number of hydrogen-bond acceptors (Lipinski definition) is 4. The summed E-state index contributed by atoms with van der Waals surface area (Å²) in [6.45, 7) is 4.30. The highest BCUT2D eigenvalue weighted by atomic mass is 79.9. The second-order valence-electron chi connectivity index (χ2n) is 6.23. The largest absolute Gasteiger partial charge is 0.496 e. The average molecular weight is 433 g/mol. The number of nitrogens with one attached hydrogen (secondary N) is 1. The Balaban J connectivity index is 1.83. The normalized spacial score (nSPS) is 12.0. The van der Waals surface area contributed by atoms with Crippen molar-refractivity contribution in [2.45, 2.75) is 32.6 Å². The van der Waals surface area contributed by atoms with Crippen LogP contribution < -0.4 is 14.9 Å². The second kappa shape index (κ2) is 10.7. The van der Waals surface area contributed by atoms with E-state index in [-0.39, 0.29) is 12.5 Å². The molecule has 0 spiro atoms. The summed E-state index contributed by atoms with van der Waals surface area (Å²) in [5.74, 6) is 1.53. The molecule has 0 heterocycles. The molecule has 0 fully saturated rings. The SMILES string of the molecule is CCC[C@H](C)c1ccc(OCC(=O)N/N=C\c2cc(Br)ccc2OC)cc1. The first-order valence-corrected chi connectivity index (χ1v) is 9.71. The zero-order valence-electron chi connectivity index (χ0n) is 15.9. The van der Waals surface area contributed by atoms with Gasteiger partial charge < -0.3 is 9.47 Å². The Morgan fingerprint density at radius 2 is 2.00 bits per heavy atom. The minimum atomic E-state index is -0.330. The standard InChI is InChI=1S/C21H25BrN2O3/c1-4-5-15(2)16-6-9-19(10-7-16)27-14-21(25)24-23-13-17-12-18(22)8-11-20(17)26-3/h6-13,15H,4-5,14H2,1-3H3,(H,24,25)/b23-13-/t15-/m0/s1. The quantitative estimate of drug-likeness (QED) is 0.453. The van der Waals surface area contributed by atoms with E-state index >= 15 is 0 Å². The maximum Gasteiger partial charge on any atom is 0.277 e. The third kappa shape index (κ3) is 6.71. The van der Waals surface area contributed by atoms with Crippen LogP contribution in [0.4, 0.5) is 0 Å². The highest BCUT2D eigenvalue weighted by Gasteiger charge is 2.06. The van der Waals surface area contributed by atoms with Gasteiger partial charge in [0, 0.05) is 10.0 Å². The Morgan fingerprint density at radius 3 is 2.67 bits per heavy atom. The predicted molar refractivity (Wildman–Crippen MR) is 112 cm³/mol. The van der Waals surface area contributed by atoms with Gasteiger partial charge in [0.1, 0.15) is 11.5 Å². The molecular weight excluding hydrogens is 408 g/mol. The molecular formula is C21H25BrN2O3. The van der Waals surface area contributed by atoms with Crippen LogP contribution in [-0.4, -0.2) is 25.8 Å². The Bertz CT molecular complexity index is 775. The molecule has 5 nitrogen and oxygen atoms in total. The molecule has 2 rings (SSSR count). The Kier molecular flexibility index (Phi) is 8.33. The number of benzene rings is 2. The van der Waals surface area contributed by atoms with Gasteiger partial charge in [-0.15, -0.1) is 0 Å². The van der Waals surface area contributed by atoms with Gasteiger partial charge in [-0.1, -0.05) is 48.3 Å². The van der Waals surface area contributed by atoms with Gasteiger partial charge >= 0.3 is 0 Å². The minimum absolute atomic E-state index is 0.100. The molecule has 0 radical (unpaired) electrons. The van der Waals surface area contributed by atoms with Crippen molar-refractivity contribution in [2.24, 2.45) is 5.10 Å². The van der Waals surface area contributed by atoms with Crippen LogP contribution in [0.15, 0.2) is 52.0 Å². The molecule has 2 aromatic carbocycles. The summed E-state index contributed by atoms with van der Waals surface area (Å²) in [6, 6.07) is 13.4. The first-order chi connectivity index (χ1) is 13.0. The molecule has 0 aliphatic heterocycles. The Morgan fingerprint density at radius 1 is 1.26 bits per heavy atom. The molecule has 27 heavy (non-hydrogen) atoms. The monoisotopic (exact) mass is 432 g/mol. The summed E-state index contributed by atoms with van der Waals surface area (Å²) in [4.78, 5) is 11.9. The molecule has 1 N–H and O–H groups in total. The van der Waals surface area contributed by atoms with Gasteiger partial charge in [-0.3, -0.25) is 4.79 Å². The van der Waals surface area contributed by atoms with Crippen LogP contribution in [0.5, 0.6) is 11.5 Å². The van der Waals surface area contributed by atoms with E-state index in [1.54, 1.807) is 7.11 Å². The molecule has 144 valence electrons. The van der Waals surface area contributed by atoms with Crippen molar-refractivity contribution < 1.29 is 14.3 Å². The summed E-state index contributed by atoms with van der Waals surface area (Å²) < 4.78 is 11.7. The summed E-state index contributed by atoms with van der Waals surface area (Å²) in [5, 5.41) is 3.96. The molecule has 1 atom stereocenters. The van der Waals surface area contributed by atoms with Crippen molar-refractivity contribution in [1.82, 2.24) is 5.43 Å². The van der Waals surface area contributed by atoms with E-state index in [1.165, 1.54) is 11.8 Å². The number of nitrogens with zero attached hydrogens (tertiary/aromatic N) is 1. The van der Waals surface area contributed by atoms with Gasteiger partial charge in [0.2, 0.25) is 0 Å². The number of methoxy groups -OCH3 is 1. The van der Waals surface area contributed by atoms with Crippen LogP contribution in [0.2, 0.25) is 0 Å². The number of halogens is 1. The maximum absolute atomic E-state index is 11.9. The lowest BCUT2D eigenvalue weighted by molar-refractivity contribution is -0.123. The molecule has 6 heteroatoms. The van der Waals surface area contributed by atoms with E-state index in [9.17, 15) is 4.79 Å². The van der Waals surface area contributed by atoms with Gasteiger partial charge in [-0.25, -0.2) is 5.43 Å². The number of carbonyl (C=O) groups is 1. The predicted octanol–water partition coefficient (Wildman–Crippen LogP) is 4.89. The first-order valence-electron chi connectivity index (χ1n) is 8.91. The van der Waals surface area contributed by atoms with Crippen molar-refractivity contribution in [3.05, 3.63) is 58.1 Å². The zero-order valence-corrected chi connectivity index (χ0v) is 17.5. The average Bonchev–Trinajstić information content (AvgIpc) is 2.67. The fourth-order valence-electron chi connectivity index (χ4n) is 2.65. The van der Waals surface area contributed by atoms with E-state index in [2.05, 4.69) is 40.3 Å². The molecule has 0 bridgehead atoms. The van der Waals surface area contributed by atoms with Crippen molar-refractivity contribution >= 4 is 28.1 Å². The van der Waals surface area contributed by atoms with Gasteiger partial charge in [-0.2, -0.15) is 5.10 Å². The Hall–Kier alpha value is -2.34. The van der Waals surface area contributed by atoms with Crippen molar-refractivity contribution in [3.8, 4) is 11.5 Å². The maximum atomic E-state index is 11.9.